The molecule has 0 unspecified atom stereocenters. The number of ether oxygens (including phenoxy) is 1. The SMILES string of the molecule is COc1ccc(NC(=S)Nc2ccc(F)cc2F)cc1Cl. The highest BCUT2D eigenvalue weighted by molar-refractivity contribution is 7.80. The lowest BCUT2D eigenvalue weighted by molar-refractivity contribution is 0.415. The molecule has 0 bridgehead atoms. The van der Waals surface area contributed by atoms with Gasteiger partial charge in [0.1, 0.15) is 17.4 Å². The first kappa shape index (κ1) is 15.5. The fraction of sp³-hybridized carbons (Fsp3) is 0.0714. The van der Waals surface area contributed by atoms with Gasteiger partial charge in [0.05, 0.1) is 17.8 Å². The van der Waals surface area contributed by atoms with Crippen LogP contribution in [0.1, 0.15) is 0 Å². The fourth-order valence-corrected chi connectivity index (χ4v) is 2.11. The molecule has 0 aliphatic rings. The lowest BCUT2D eigenvalue weighted by Crippen LogP contribution is -2.19. The molecule has 21 heavy (non-hydrogen) atoms. The Kier molecular flexibility index (Phi) is 4.93. The molecule has 110 valence electrons. The van der Waals surface area contributed by atoms with Crippen LogP contribution in [-0.2, 0) is 0 Å². The van der Waals surface area contributed by atoms with Crippen molar-refractivity contribution in [3.63, 3.8) is 0 Å². The minimum atomic E-state index is -0.730. The van der Waals surface area contributed by atoms with E-state index in [-0.39, 0.29) is 10.8 Å². The van der Waals surface area contributed by atoms with E-state index in [9.17, 15) is 8.78 Å². The third-order valence-corrected chi connectivity index (χ3v) is 3.09. The van der Waals surface area contributed by atoms with Crippen molar-refractivity contribution in [2.45, 2.75) is 0 Å². The molecule has 2 aromatic carbocycles. The Labute approximate surface area is 130 Å². The molecule has 0 amide bonds. The van der Waals surface area contributed by atoms with Gasteiger partial charge in [-0.15, -0.1) is 0 Å². The molecule has 2 rings (SSSR count). The Bertz CT molecular complexity index is 682. The van der Waals surface area contributed by atoms with Gasteiger partial charge in [0.2, 0.25) is 0 Å². The molecule has 7 heteroatoms. The van der Waals surface area contributed by atoms with Crippen LogP contribution in [0, 0.1) is 11.6 Å². The summed E-state index contributed by atoms with van der Waals surface area (Å²) in [5.41, 5.74) is 0.689. The number of benzene rings is 2. The predicted molar refractivity (Wildman–Crippen MR) is 84.2 cm³/mol. The molecule has 2 N–H and O–H groups in total. The Hall–Kier alpha value is -1.92. The van der Waals surface area contributed by atoms with Crippen molar-refractivity contribution in [2.75, 3.05) is 17.7 Å². The maximum absolute atomic E-state index is 13.5. The van der Waals surface area contributed by atoms with Gasteiger partial charge in [-0.25, -0.2) is 8.78 Å². The fourth-order valence-electron chi connectivity index (χ4n) is 1.62. The molecule has 3 nitrogen and oxygen atoms in total. The van der Waals surface area contributed by atoms with Crippen LogP contribution in [0.2, 0.25) is 5.02 Å². The summed E-state index contributed by atoms with van der Waals surface area (Å²) in [6, 6.07) is 8.17. The van der Waals surface area contributed by atoms with Gasteiger partial charge < -0.3 is 15.4 Å². The van der Waals surface area contributed by atoms with Crippen LogP contribution >= 0.6 is 23.8 Å². The monoisotopic (exact) mass is 328 g/mol. The number of methoxy groups -OCH3 is 1. The van der Waals surface area contributed by atoms with E-state index in [4.69, 9.17) is 28.6 Å². The van der Waals surface area contributed by atoms with E-state index in [1.807, 2.05) is 0 Å². The van der Waals surface area contributed by atoms with Crippen molar-refractivity contribution >= 4 is 40.3 Å². The first-order valence-corrected chi connectivity index (χ1v) is 6.65. The lowest BCUT2D eigenvalue weighted by Gasteiger charge is -2.12. The van der Waals surface area contributed by atoms with E-state index < -0.39 is 11.6 Å². The molecule has 0 fully saturated rings. The first-order valence-electron chi connectivity index (χ1n) is 5.86. The molecule has 0 atom stereocenters. The van der Waals surface area contributed by atoms with Crippen LogP contribution in [0.4, 0.5) is 20.2 Å². The molecule has 0 saturated heterocycles. The van der Waals surface area contributed by atoms with Gasteiger partial charge in [-0.05, 0) is 42.5 Å². The van der Waals surface area contributed by atoms with Crippen molar-refractivity contribution in [1.82, 2.24) is 0 Å². The summed E-state index contributed by atoms with van der Waals surface area (Å²) in [7, 11) is 1.51. The van der Waals surface area contributed by atoms with Crippen LogP contribution in [0.25, 0.3) is 0 Å². The molecular weight excluding hydrogens is 318 g/mol. The minimum absolute atomic E-state index is 0.0773. The van der Waals surface area contributed by atoms with E-state index in [0.717, 1.165) is 12.1 Å². The van der Waals surface area contributed by atoms with E-state index in [2.05, 4.69) is 10.6 Å². The molecule has 0 spiro atoms. The highest BCUT2D eigenvalue weighted by Gasteiger charge is 2.07. The van der Waals surface area contributed by atoms with Gasteiger partial charge in [0, 0.05) is 11.8 Å². The second-order valence-electron chi connectivity index (χ2n) is 4.05. The summed E-state index contributed by atoms with van der Waals surface area (Å²) in [4.78, 5) is 0. The van der Waals surface area contributed by atoms with E-state index in [1.165, 1.54) is 13.2 Å². The average molecular weight is 329 g/mol. The summed E-state index contributed by atoms with van der Waals surface area (Å²) in [5.74, 6) is -0.851. The molecule has 0 saturated carbocycles. The van der Waals surface area contributed by atoms with Crippen LogP contribution < -0.4 is 15.4 Å². The van der Waals surface area contributed by atoms with Crippen molar-refractivity contribution in [3.8, 4) is 5.75 Å². The highest BCUT2D eigenvalue weighted by Crippen LogP contribution is 2.27. The Morgan fingerprint density at radius 1 is 1.14 bits per heavy atom. The average Bonchev–Trinajstić information content (AvgIpc) is 2.42. The summed E-state index contributed by atoms with van der Waals surface area (Å²) in [5, 5.41) is 6.05. The van der Waals surface area contributed by atoms with Gasteiger partial charge in [-0.3, -0.25) is 0 Å². The standard InChI is InChI=1S/C14H11ClF2N2OS/c1-20-13-5-3-9(7-10(13)15)18-14(21)19-12-4-2-8(16)6-11(12)17/h2-7H,1H3,(H2,18,19,21). The van der Waals surface area contributed by atoms with Crippen molar-refractivity contribution in [3.05, 3.63) is 53.1 Å². The van der Waals surface area contributed by atoms with Gasteiger partial charge in [0.15, 0.2) is 5.11 Å². The van der Waals surface area contributed by atoms with Gasteiger partial charge in [0.25, 0.3) is 0 Å². The maximum atomic E-state index is 13.5. The quantitative estimate of drug-likeness (QED) is 0.816. The zero-order chi connectivity index (χ0) is 15.4. The normalized spacial score (nSPS) is 10.1. The number of anilines is 2. The first-order chi connectivity index (χ1) is 9.99. The van der Waals surface area contributed by atoms with Gasteiger partial charge in [-0.2, -0.15) is 0 Å². The van der Waals surface area contributed by atoms with Crippen molar-refractivity contribution in [1.29, 1.82) is 0 Å². The summed E-state index contributed by atoms with van der Waals surface area (Å²) >= 11 is 11.0. The van der Waals surface area contributed by atoms with Crippen LogP contribution in [0.5, 0.6) is 5.75 Å². The zero-order valence-electron chi connectivity index (χ0n) is 10.9. The molecule has 0 aromatic heterocycles. The van der Waals surface area contributed by atoms with E-state index in [0.29, 0.717) is 16.5 Å². The summed E-state index contributed by atoms with van der Waals surface area (Å²) in [6.07, 6.45) is 0. The number of thiocarbonyl (C=S) groups is 1. The van der Waals surface area contributed by atoms with E-state index in [1.54, 1.807) is 18.2 Å². The third kappa shape index (κ3) is 4.03. The summed E-state index contributed by atoms with van der Waals surface area (Å²) in [6.45, 7) is 0. The molecule has 0 aliphatic carbocycles. The largest absolute Gasteiger partial charge is 0.495 e. The number of hydrogen-bond acceptors (Lipinski definition) is 2. The van der Waals surface area contributed by atoms with Crippen molar-refractivity contribution in [2.24, 2.45) is 0 Å². The van der Waals surface area contributed by atoms with E-state index >= 15 is 0 Å². The highest BCUT2D eigenvalue weighted by atomic mass is 35.5. The number of hydrogen-bond donors (Lipinski definition) is 2. The zero-order valence-corrected chi connectivity index (χ0v) is 12.5. The molecule has 0 heterocycles. The maximum Gasteiger partial charge on any atom is 0.175 e. The molecular formula is C14H11ClF2N2OS. The van der Waals surface area contributed by atoms with Gasteiger partial charge >= 0.3 is 0 Å². The molecule has 2 aromatic rings. The van der Waals surface area contributed by atoms with Crippen LogP contribution in [0.3, 0.4) is 0 Å². The van der Waals surface area contributed by atoms with Crippen LogP contribution in [0.15, 0.2) is 36.4 Å². The Morgan fingerprint density at radius 2 is 1.90 bits per heavy atom. The predicted octanol–water partition coefficient (Wildman–Crippen LogP) is 4.44. The Balaban J connectivity index is 2.06. The second kappa shape index (κ2) is 6.69. The topological polar surface area (TPSA) is 33.3 Å². The van der Waals surface area contributed by atoms with Gasteiger partial charge in [-0.1, -0.05) is 11.6 Å². The number of nitrogens with one attached hydrogen (secondary N) is 2. The molecule has 0 aliphatic heterocycles. The number of rotatable bonds is 3. The van der Waals surface area contributed by atoms with Crippen LogP contribution in [-0.4, -0.2) is 12.2 Å². The Morgan fingerprint density at radius 3 is 2.52 bits per heavy atom. The smallest absolute Gasteiger partial charge is 0.175 e. The number of halogens is 3. The van der Waals surface area contributed by atoms with Crippen molar-refractivity contribution < 1.29 is 13.5 Å². The second-order valence-corrected chi connectivity index (χ2v) is 4.87. The third-order valence-electron chi connectivity index (χ3n) is 2.59. The minimum Gasteiger partial charge on any atom is -0.495 e. The lowest BCUT2D eigenvalue weighted by atomic mass is 10.3. The summed E-state index contributed by atoms with van der Waals surface area (Å²) < 4.78 is 31.3. The molecule has 0 radical (unpaired) electrons.